The van der Waals surface area contributed by atoms with Gasteiger partial charge in [0.15, 0.2) is 11.6 Å². The fourth-order valence-corrected chi connectivity index (χ4v) is 2.98. The Bertz CT molecular complexity index is 789. The zero-order valence-electron chi connectivity index (χ0n) is 12.1. The lowest BCUT2D eigenvalue weighted by molar-refractivity contribution is -0.136. The predicted molar refractivity (Wildman–Crippen MR) is 77.6 cm³/mol. The summed E-state index contributed by atoms with van der Waals surface area (Å²) in [6, 6.07) is 2.29. The van der Waals surface area contributed by atoms with Gasteiger partial charge in [-0.25, -0.2) is 4.39 Å². The van der Waals surface area contributed by atoms with Crippen LogP contribution in [0.2, 0.25) is 0 Å². The molecule has 0 radical (unpaired) electrons. The number of carbonyl (C=O) groups excluding carboxylic acids is 1. The van der Waals surface area contributed by atoms with Gasteiger partial charge in [0.25, 0.3) is 0 Å². The number of benzene rings is 1. The molecule has 116 valence electrons. The van der Waals surface area contributed by atoms with Crippen molar-refractivity contribution in [1.29, 1.82) is 0 Å². The fraction of sp³-hybridized carbons (Fsp3) is 0.375. The van der Waals surface area contributed by atoms with Crippen molar-refractivity contribution in [2.45, 2.75) is 32.6 Å². The van der Waals surface area contributed by atoms with Gasteiger partial charge in [0.05, 0.1) is 11.9 Å². The molecule has 5 nitrogen and oxygen atoms in total. The molecule has 0 bridgehead atoms. The summed E-state index contributed by atoms with van der Waals surface area (Å²) in [4.78, 5) is 23.7. The van der Waals surface area contributed by atoms with Crippen LogP contribution in [-0.2, 0) is 11.2 Å². The van der Waals surface area contributed by atoms with Gasteiger partial charge in [-0.15, -0.1) is 0 Å². The van der Waals surface area contributed by atoms with Crippen LogP contribution in [0.15, 0.2) is 12.1 Å². The first-order valence-corrected chi connectivity index (χ1v) is 7.18. The summed E-state index contributed by atoms with van der Waals surface area (Å²) in [6.07, 6.45) is 2.31. The Morgan fingerprint density at radius 3 is 2.59 bits per heavy atom. The summed E-state index contributed by atoms with van der Waals surface area (Å²) in [5.74, 6) is -2.64. The van der Waals surface area contributed by atoms with Crippen molar-refractivity contribution in [3.05, 3.63) is 29.2 Å². The largest absolute Gasteiger partial charge is 0.505 e. The Morgan fingerprint density at radius 1 is 1.36 bits per heavy atom. The number of halogens is 1. The zero-order valence-corrected chi connectivity index (χ0v) is 12.1. The summed E-state index contributed by atoms with van der Waals surface area (Å²) in [6.45, 7) is 1.66. The highest BCUT2D eigenvalue weighted by atomic mass is 19.1. The van der Waals surface area contributed by atoms with E-state index in [-0.39, 0.29) is 18.2 Å². The van der Waals surface area contributed by atoms with Crippen LogP contribution in [0.4, 0.5) is 4.39 Å². The molecule has 2 aromatic rings. The number of fused-ring (bicyclic) bond motifs is 1. The number of phenols is 1. The summed E-state index contributed by atoms with van der Waals surface area (Å²) in [7, 11) is 0. The molecule has 0 unspecified atom stereocenters. The van der Waals surface area contributed by atoms with E-state index in [2.05, 4.69) is 0 Å². The molecule has 1 saturated carbocycles. The average molecular weight is 305 g/mol. The molecule has 0 saturated heterocycles. The Balaban J connectivity index is 2.25. The predicted octanol–water partition coefficient (Wildman–Crippen LogP) is 2.86. The molecule has 1 aliphatic carbocycles. The zero-order chi connectivity index (χ0) is 16.0. The van der Waals surface area contributed by atoms with E-state index in [9.17, 15) is 19.1 Å². The molecule has 2 N–H and O–H groups in total. The van der Waals surface area contributed by atoms with Crippen molar-refractivity contribution in [3.63, 3.8) is 0 Å². The number of hydrogen-bond donors (Lipinski definition) is 2. The third-order valence-electron chi connectivity index (χ3n) is 4.41. The normalized spacial score (nSPS) is 15.0. The van der Waals surface area contributed by atoms with E-state index in [1.165, 1.54) is 10.6 Å². The molecule has 1 heterocycles. The molecule has 1 aromatic carbocycles. The van der Waals surface area contributed by atoms with Crippen LogP contribution in [0.1, 0.15) is 35.3 Å². The summed E-state index contributed by atoms with van der Waals surface area (Å²) >= 11 is 0. The molecular weight excluding hydrogens is 289 g/mol. The molecule has 6 heteroatoms. The number of nitrogens with zero attached hydrogens (tertiary/aromatic N) is 1. The number of carboxylic acids is 1. The van der Waals surface area contributed by atoms with Crippen LogP contribution >= 0.6 is 0 Å². The second kappa shape index (κ2) is 5.12. The first-order valence-electron chi connectivity index (χ1n) is 7.18. The monoisotopic (exact) mass is 305 g/mol. The fourth-order valence-electron chi connectivity index (χ4n) is 2.98. The standard InChI is InChI=1S/C16H16FNO4/c1-8-10(6-15(20)21)11-5-14(19)12(17)7-13(11)18(8)16(22)9-3-2-4-9/h5,7,9,19H,2-4,6H2,1H3,(H,20,21). The molecule has 1 aromatic heterocycles. The van der Waals surface area contributed by atoms with Gasteiger partial charge < -0.3 is 10.2 Å². The summed E-state index contributed by atoms with van der Waals surface area (Å²) in [5.41, 5.74) is 1.26. The molecular formula is C16H16FNO4. The Morgan fingerprint density at radius 2 is 2.05 bits per heavy atom. The smallest absolute Gasteiger partial charge is 0.307 e. The van der Waals surface area contributed by atoms with Crippen LogP contribution in [-0.4, -0.2) is 26.7 Å². The number of carboxylic acid groups (broad SMARTS) is 1. The van der Waals surface area contributed by atoms with Crippen LogP contribution in [0.3, 0.4) is 0 Å². The SMILES string of the molecule is Cc1c(CC(=O)O)c2cc(O)c(F)cc2n1C(=O)C1CCC1. The lowest BCUT2D eigenvalue weighted by Gasteiger charge is -2.25. The van der Waals surface area contributed by atoms with Crippen molar-refractivity contribution >= 4 is 22.8 Å². The van der Waals surface area contributed by atoms with E-state index in [1.807, 2.05) is 0 Å². The molecule has 1 aliphatic rings. The van der Waals surface area contributed by atoms with Crippen molar-refractivity contribution < 1.29 is 24.2 Å². The topological polar surface area (TPSA) is 79.5 Å². The van der Waals surface area contributed by atoms with Gasteiger partial charge in [-0.05, 0) is 31.4 Å². The lowest BCUT2D eigenvalue weighted by atomic mass is 9.84. The van der Waals surface area contributed by atoms with Crippen LogP contribution in [0, 0.1) is 18.7 Å². The molecule has 1 fully saturated rings. The van der Waals surface area contributed by atoms with Crippen LogP contribution in [0.25, 0.3) is 10.9 Å². The van der Waals surface area contributed by atoms with Crippen molar-refractivity contribution in [3.8, 4) is 5.75 Å². The summed E-state index contributed by atoms with van der Waals surface area (Å²) < 4.78 is 15.1. The lowest BCUT2D eigenvalue weighted by Crippen LogP contribution is -2.28. The van der Waals surface area contributed by atoms with Gasteiger partial charge in [-0.3, -0.25) is 14.2 Å². The Hall–Kier alpha value is -2.37. The molecule has 0 amide bonds. The second-order valence-corrected chi connectivity index (χ2v) is 5.76. The number of carbonyl (C=O) groups is 2. The van der Waals surface area contributed by atoms with E-state index in [0.29, 0.717) is 22.2 Å². The van der Waals surface area contributed by atoms with E-state index in [1.54, 1.807) is 6.92 Å². The van der Waals surface area contributed by atoms with Gasteiger partial charge in [0, 0.05) is 23.1 Å². The van der Waals surface area contributed by atoms with Gasteiger partial charge in [0.1, 0.15) is 0 Å². The van der Waals surface area contributed by atoms with Crippen molar-refractivity contribution in [2.75, 3.05) is 0 Å². The summed E-state index contributed by atoms with van der Waals surface area (Å²) in [5, 5.41) is 19.0. The van der Waals surface area contributed by atoms with Gasteiger partial charge in [0.2, 0.25) is 5.91 Å². The van der Waals surface area contributed by atoms with Crippen LogP contribution < -0.4 is 0 Å². The maximum absolute atomic E-state index is 13.7. The minimum absolute atomic E-state index is 0.0937. The van der Waals surface area contributed by atoms with Gasteiger partial charge >= 0.3 is 5.97 Å². The number of rotatable bonds is 3. The van der Waals surface area contributed by atoms with Gasteiger partial charge in [-0.1, -0.05) is 6.42 Å². The maximum atomic E-state index is 13.7. The van der Waals surface area contributed by atoms with E-state index in [4.69, 9.17) is 5.11 Å². The third-order valence-corrected chi connectivity index (χ3v) is 4.41. The highest BCUT2D eigenvalue weighted by Crippen LogP contribution is 2.35. The van der Waals surface area contributed by atoms with Crippen molar-refractivity contribution in [1.82, 2.24) is 4.57 Å². The number of aromatic nitrogens is 1. The number of aromatic hydroxyl groups is 1. The van der Waals surface area contributed by atoms with E-state index in [0.717, 1.165) is 25.3 Å². The van der Waals surface area contributed by atoms with E-state index < -0.39 is 17.5 Å². The highest BCUT2D eigenvalue weighted by Gasteiger charge is 2.30. The minimum Gasteiger partial charge on any atom is -0.505 e. The average Bonchev–Trinajstić information content (AvgIpc) is 2.61. The quantitative estimate of drug-likeness (QED) is 0.914. The number of aliphatic carboxylic acids is 1. The van der Waals surface area contributed by atoms with Crippen LogP contribution in [0.5, 0.6) is 5.75 Å². The van der Waals surface area contributed by atoms with Gasteiger partial charge in [-0.2, -0.15) is 0 Å². The minimum atomic E-state index is -1.04. The number of hydrogen-bond acceptors (Lipinski definition) is 3. The molecule has 3 rings (SSSR count). The first-order chi connectivity index (χ1) is 10.4. The molecule has 0 aliphatic heterocycles. The van der Waals surface area contributed by atoms with Crippen molar-refractivity contribution in [2.24, 2.45) is 5.92 Å². The highest BCUT2D eigenvalue weighted by molar-refractivity contribution is 5.99. The second-order valence-electron chi connectivity index (χ2n) is 5.76. The number of phenolic OH excluding ortho intramolecular Hbond substituents is 1. The first kappa shape index (κ1) is 14.6. The molecule has 0 atom stereocenters. The van der Waals surface area contributed by atoms with E-state index >= 15 is 0 Å². The molecule has 22 heavy (non-hydrogen) atoms. The molecule has 0 spiro atoms. The third kappa shape index (κ3) is 2.15. The Labute approximate surface area is 126 Å². The maximum Gasteiger partial charge on any atom is 0.307 e. The Kier molecular flexibility index (Phi) is 3.39.